The Bertz CT molecular complexity index is 532. The zero-order chi connectivity index (χ0) is 14.7. The summed E-state index contributed by atoms with van der Waals surface area (Å²) in [5, 5.41) is 18.4. The lowest BCUT2D eigenvalue weighted by atomic mass is 9.94. The van der Waals surface area contributed by atoms with Crippen molar-refractivity contribution >= 4 is 11.9 Å². The van der Waals surface area contributed by atoms with Gasteiger partial charge in [0.15, 0.2) is 0 Å². The van der Waals surface area contributed by atoms with Crippen molar-refractivity contribution in [2.75, 3.05) is 13.1 Å². The van der Waals surface area contributed by atoms with Crippen LogP contribution in [0.2, 0.25) is 0 Å². The Labute approximate surface area is 115 Å². The van der Waals surface area contributed by atoms with Crippen LogP contribution in [-0.4, -0.2) is 40.1 Å². The number of likely N-dealkylation sites (tertiary alicyclic amines) is 1. The van der Waals surface area contributed by atoms with Crippen LogP contribution in [0.5, 0.6) is 5.75 Å². The molecule has 0 aromatic heterocycles. The molecule has 1 fully saturated rings. The summed E-state index contributed by atoms with van der Waals surface area (Å²) in [7, 11) is 0. The molecule has 1 aromatic rings. The molecule has 1 heterocycles. The second-order valence-corrected chi connectivity index (χ2v) is 5.02. The van der Waals surface area contributed by atoms with E-state index in [9.17, 15) is 19.1 Å². The SMILES string of the molecule is O=C(O)CC1CCCN(C(=O)c2cc(F)ccc2O)C1. The highest BCUT2D eigenvalue weighted by atomic mass is 19.1. The lowest BCUT2D eigenvalue weighted by Crippen LogP contribution is -2.40. The van der Waals surface area contributed by atoms with Crippen LogP contribution in [0.25, 0.3) is 0 Å². The lowest BCUT2D eigenvalue weighted by Gasteiger charge is -2.32. The van der Waals surface area contributed by atoms with Crippen molar-refractivity contribution in [1.82, 2.24) is 4.90 Å². The molecule has 0 spiro atoms. The van der Waals surface area contributed by atoms with E-state index in [2.05, 4.69) is 0 Å². The number of halogens is 1. The number of carboxylic acid groups (broad SMARTS) is 1. The van der Waals surface area contributed by atoms with E-state index in [4.69, 9.17) is 5.11 Å². The number of aromatic hydroxyl groups is 1. The molecule has 1 amide bonds. The molecule has 6 heteroatoms. The van der Waals surface area contributed by atoms with Crippen LogP contribution in [-0.2, 0) is 4.79 Å². The minimum Gasteiger partial charge on any atom is -0.507 e. The Morgan fingerprint density at radius 1 is 1.40 bits per heavy atom. The summed E-state index contributed by atoms with van der Waals surface area (Å²) in [5.74, 6) is -2.31. The van der Waals surface area contributed by atoms with Crippen LogP contribution in [0.3, 0.4) is 0 Å². The summed E-state index contributed by atoms with van der Waals surface area (Å²) in [4.78, 5) is 24.5. The summed E-state index contributed by atoms with van der Waals surface area (Å²) >= 11 is 0. The van der Waals surface area contributed by atoms with Gasteiger partial charge < -0.3 is 15.1 Å². The van der Waals surface area contributed by atoms with Gasteiger partial charge in [-0.3, -0.25) is 9.59 Å². The van der Waals surface area contributed by atoms with Crippen molar-refractivity contribution in [1.29, 1.82) is 0 Å². The molecule has 2 N–H and O–H groups in total. The minimum atomic E-state index is -0.891. The predicted molar refractivity (Wildman–Crippen MR) is 68.9 cm³/mol. The Morgan fingerprint density at radius 2 is 2.15 bits per heavy atom. The van der Waals surface area contributed by atoms with Gasteiger partial charge in [0.05, 0.1) is 5.56 Å². The molecule has 0 saturated carbocycles. The minimum absolute atomic E-state index is 0.0128. The third-order valence-electron chi connectivity index (χ3n) is 3.46. The molecule has 20 heavy (non-hydrogen) atoms. The number of phenols is 1. The fourth-order valence-electron chi connectivity index (χ4n) is 2.51. The normalized spacial score (nSPS) is 18.9. The fourth-order valence-corrected chi connectivity index (χ4v) is 2.51. The molecule has 1 aromatic carbocycles. The maximum Gasteiger partial charge on any atom is 0.303 e. The van der Waals surface area contributed by atoms with E-state index in [1.54, 1.807) is 0 Å². The first-order valence-corrected chi connectivity index (χ1v) is 6.47. The third kappa shape index (κ3) is 3.26. The number of nitrogens with zero attached hydrogens (tertiary/aromatic N) is 1. The topological polar surface area (TPSA) is 77.8 Å². The number of hydrogen-bond donors (Lipinski definition) is 2. The molecule has 1 atom stereocenters. The van der Waals surface area contributed by atoms with Crippen LogP contribution >= 0.6 is 0 Å². The van der Waals surface area contributed by atoms with Crippen molar-refractivity contribution in [2.45, 2.75) is 19.3 Å². The quantitative estimate of drug-likeness (QED) is 0.886. The molecule has 0 aliphatic carbocycles. The van der Waals surface area contributed by atoms with E-state index in [1.165, 1.54) is 4.90 Å². The number of carbonyl (C=O) groups is 2. The van der Waals surface area contributed by atoms with Gasteiger partial charge in [-0.15, -0.1) is 0 Å². The second-order valence-electron chi connectivity index (χ2n) is 5.02. The fraction of sp³-hybridized carbons (Fsp3) is 0.429. The molecule has 1 saturated heterocycles. The number of carbonyl (C=O) groups excluding carboxylic acids is 1. The number of rotatable bonds is 3. The summed E-state index contributed by atoms with van der Waals surface area (Å²) in [6.07, 6.45) is 1.48. The Balaban J connectivity index is 2.12. The monoisotopic (exact) mass is 281 g/mol. The molecule has 0 radical (unpaired) electrons. The van der Waals surface area contributed by atoms with E-state index >= 15 is 0 Å². The zero-order valence-corrected chi connectivity index (χ0v) is 10.9. The van der Waals surface area contributed by atoms with E-state index in [-0.39, 0.29) is 23.7 Å². The van der Waals surface area contributed by atoms with Crippen molar-refractivity contribution in [3.63, 3.8) is 0 Å². The zero-order valence-electron chi connectivity index (χ0n) is 10.9. The molecular weight excluding hydrogens is 265 g/mol. The number of carboxylic acids is 1. The predicted octanol–water partition coefficient (Wildman–Crippen LogP) is 1.86. The van der Waals surface area contributed by atoms with Crippen molar-refractivity contribution in [3.05, 3.63) is 29.6 Å². The maximum absolute atomic E-state index is 13.2. The van der Waals surface area contributed by atoms with Crippen LogP contribution in [0.1, 0.15) is 29.6 Å². The summed E-state index contributed by atoms with van der Waals surface area (Å²) in [6, 6.07) is 3.22. The molecular formula is C14H16FNO4. The standard InChI is InChI=1S/C14H16FNO4/c15-10-3-4-12(17)11(7-10)14(20)16-5-1-2-9(8-16)6-13(18)19/h3-4,7,9,17H,1-2,5-6,8H2,(H,18,19). The van der Waals surface area contributed by atoms with Crippen LogP contribution < -0.4 is 0 Å². The molecule has 0 bridgehead atoms. The van der Waals surface area contributed by atoms with Crippen molar-refractivity contribution < 1.29 is 24.2 Å². The van der Waals surface area contributed by atoms with E-state index in [0.717, 1.165) is 24.6 Å². The van der Waals surface area contributed by atoms with Gasteiger partial charge >= 0.3 is 5.97 Å². The van der Waals surface area contributed by atoms with Crippen molar-refractivity contribution in [2.24, 2.45) is 5.92 Å². The highest BCUT2D eigenvalue weighted by Crippen LogP contribution is 2.24. The largest absolute Gasteiger partial charge is 0.507 e. The first kappa shape index (κ1) is 14.3. The van der Waals surface area contributed by atoms with Crippen LogP contribution in [0.4, 0.5) is 4.39 Å². The van der Waals surface area contributed by atoms with E-state index in [1.807, 2.05) is 0 Å². The van der Waals surface area contributed by atoms with E-state index in [0.29, 0.717) is 19.5 Å². The van der Waals surface area contributed by atoms with Crippen LogP contribution in [0, 0.1) is 11.7 Å². The van der Waals surface area contributed by atoms with Crippen LogP contribution in [0.15, 0.2) is 18.2 Å². The third-order valence-corrected chi connectivity index (χ3v) is 3.46. The first-order chi connectivity index (χ1) is 9.47. The summed E-state index contributed by atoms with van der Waals surface area (Å²) in [6.45, 7) is 0.812. The molecule has 108 valence electrons. The first-order valence-electron chi connectivity index (χ1n) is 6.47. The molecule has 1 aliphatic rings. The average Bonchev–Trinajstić information content (AvgIpc) is 2.40. The molecule has 5 nitrogen and oxygen atoms in total. The highest BCUT2D eigenvalue weighted by molar-refractivity contribution is 5.96. The number of hydrogen-bond acceptors (Lipinski definition) is 3. The number of amides is 1. The number of phenolic OH excluding ortho intramolecular Hbond substituents is 1. The van der Waals surface area contributed by atoms with Gasteiger partial charge in [0.2, 0.25) is 0 Å². The maximum atomic E-state index is 13.2. The number of benzene rings is 1. The van der Waals surface area contributed by atoms with Gasteiger partial charge in [-0.1, -0.05) is 0 Å². The molecule has 1 unspecified atom stereocenters. The van der Waals surface area contributed by atoms with Gasteiger partial charge in [0.1, 0.15) is 11.6 Å². The summed E-state index contributed by atoms with van der Waals surface area (Å²) in [5.41, 5.74) is -0.0824. The van der Waals surface area contributed by atoms with Gasteiger partial charge in [-0.05, 0) is 37.0 Å². The van der Waals surface area contributed by atoms with Gasteiger partial charge in [0.25, 0.3) is 5.91 Å². The Morgan fingerprint density at radius 3 is 2.85 bits per heavy atom. The highest BCUT2D eigenvalue weighted by Gasteiger charge is 2.27. The Kier molecular flexibility index (Phi) is 4.22. The second kappa shape index (κ2) is 5.90. The molecule has 2 rings (SSSR count). The van der Waals surface area contributed by atoms with Gasteiger partial charge in [0, 0.05) is 19.5 Å². The molecule has 1 aliphatic heterocycles. The number of aliphatic carboxylic acids is 1. The van der Waals surface area contributed by atoms with Crippen molar-refractivity contribution in [3.8, 4) is 5.75 Å². The smallest absolute Gasteiger partial charge is 0.303 e. The number of piperidine rings is 1. The van der Waals surface area contributed by atoms with Gasteiger partial charge in [-0.2, -0.15) is 0 Å². The van der Waals surface area contributed by atoms with E-state index < -0.39 is 17.7 Å². The summed E-state index contributed by atoms with van der Waals surface area (Å²) < 4.78 is 13.2. The Hall–Kier alpha value is -2.11. The lowest BCUT2D eigenvalue weighted by molar-refractivity contribution is -0.138. The van der Waals surface area contributed by atoms with Gasteiger partial charge in [-0.25, -0.2) is 4.39 Å². The average molecular weight is 281 g/mol.